The van der Waals surface area contributed by atoms with Gasteiger partial charge in [-0.15, -0.1) is 10.2 Å². The Labute approximate surface area is 121 Å². The van der Waals surface area contributed by atoms with Crippen LogP contribution in [0.4, 0.5) is 4.39 Å². The number of nitrogens with zero attached hydrogens (tertiary/aromatic N) is 3. The monoisotopic (exact) mass is 325 g/mol. The van der Waals surface area contributed by atoms with Crippen LogP contribution in [-0.2, 0) is 17.3 Å². The minimum absolute atomic E-state index is 0.0814. The van der Waals surface area contributed by atoms with E-state index in [2.05, 4.69) is 51.5 Å². The number of halogens is 2. The van der Waals surface area contributed by atoms with E-state index in [0.29, 0.717) is 11.8 Å². The second-order valence-electron chi connectivity index (χ2n) is 5.48. The van der Waals surface area contributed by atoms with Crippen LogP contribution < -0.4 is 0 Å². The van der Waals surface area contributed by atoms with Gasteiger partial charge in [-0.3, -0.25) is 0 Å². The molecule has 19 heavy (non-hydrogen) atoms. The summed E-state index contributed by atoms with van der Waals surface area (Å²) in [5.74, 6) is 1.58. The molecule has 0 aliphatic carbocycles. The first-order valence-corrected chi connectivity index (χ1v) is 7.28. The Kier molecular flexibility index (Phi) is 4.04. The summed E-state index contributed by atoms with van der Waals surface area (Å²) in [6.45, 7) is 6.37. The van der Waals surface area contributed by atoms with E-state index in [1.165, 1.54) is 12.1 Å². The van der Waals surface area contributed by atoms with Crippen molar-refractivity contribution in [3.8, 4) is 0 Å². The first-order valence-electron chi connectivity index (χ1n) is 6.16. The molecule has 0 aliphatic rings. The zero-order chi connectivity index (χ0) is 14.0. The number of benzene rings is 1. The van der Waals surface area contributed by atoms with Crippen LogP contribution in [0.3, 0.4) is 0 Å². The van der Waals surface area contributed by atoms with E-state index in [1.807, 2.05) is 0 Å². The zero-order valence-electron chi connectivity index (χ0n) is 11.3. The Morgan fingerprint density at radius 1 is 1.11 bits per heavy atom. The summed E-state index contributed by atoms with van der Waals surface area (Å²) in [6.07, 6.45) is 0.650. The van der Waals surface area contributed by atoms with Crippen molar-refractivity contribution >= 4 is 15.9 Å². The topological polar surface area (TPSA) is 30.7 Å². The summed E-state index contributed by atoms with van der Waals surface area (Å²) in [7, 11) is 0. The lowest BCUT2D eigenvalue weighted by molar-refractivity contribution is 0.375. The Morgan fingerprint density at radius 2 is 1.68 bits per heavy atom. The third-order valence-electron chi connectivity index (χ3n) is 2.86. The van der Waals surface area contributed by atoms with Crippen molar-refractivity contribution in [3.63, 3.8) is 0 Å². The molecule has 0 atom stereocenters. The number of aromatic nitrogens is 3. The highest BCUT2D eigenvalue weighted by Crippen LogP contribution is 2.21. The van der Waals surface area contributed by atoms with Gasteiger partial charge >= 0.3 is 0 Å². The standard InChI is InChI=1S/C14H17BrFN3/c1-14(2,3)19-12(17-18-13(19)9-15)8-10-4-6-11(16)7-5-10/h4-7H,8-9H2,1-3H3. The van der Waals surface area contributed by atoms with E-state index in [4.69, 9.17) is 0 Å². The van der Waals surface area contributed by atoms with Crippen molar-refractivity contribution in [1.29, 1.82) is 0 Å². The second-order valence-corrected chi connectivity index (χ2v) is 6.04. The Balaban J connectivity index is 2.35. The maximum Gasteiger partial charge on any atom is 0.144 e. The van der Waals surface area contributed by atoms with Gasteiger partial charge in [-0.1, -0.05) is 28.1 Å². The van der Waals surface area contributed by atoms with Crippen molar-refractivity contribution in [2.45, 2.75) is 38.1 Å². The van der Waals surface area contributed by atoms with E-state index in [1.54, 1.807) is 12.1 Å². The van der Waals surface area contributed by atoms with Crippen molar-refractivity contribution < 1.29 is 4.39 Å². The van der Waals surface area contributed by atoms with Gasteiger partial charge in [-0.25, -0.2) is 4.39 Å². The third-order valence-corrected chi connectivity index (χ3v) is 3.36. The molecule has 0 radical (unpaired) electrons. The molecule has 0 N–H and O–H groups in total. The molecule has 0 fully saturated rings. The smallest absolute Gasteiger partial charge is 0.144 e. The van der Waals surface area contributed by atoms with E-state index >= 15 is 0 Å². The van der Waals surface area contributed by atoms with Gasteiger partial charge in [0.05, 0.1) is 5.33 Å². The lowest BCUT2D eigenvalue weighted by Crippen LogP contribution is -2.26. The zero-order valence-corrected chi connectivity index (χ0v) is 12.9. The summed E-state index contributed by atoms with van der Waals surface area (Å²) in [5, 5.41) is 9.13. The highest BCUT2D eigenvalue weighted by molar-refractivity contribution is 9.08. The fourth-order valence-corrected chi connectivity index (χ4v) is 2.48. The minimum Gasteiger partial charge on any atom is -0.309 e. The van der Waals surface area contributed by atoms with Crippen LogP contribution in [-0.4, -0.2) is 14.8 Å². The summed E-state index contributed by atoms with van der Waals surface area (Å²) < 4.78 is 15.0. The molecule has 0 bridgehead atoms. The molecule has 0 spiro atoms. The van der Waals surface area contributed by atoms with Crippen molar-refractivity contribution in [2.24, 2.45) is 0 Å². The highest BCUT2D eigenvalue weighted by Gasteiger charge is 2.22. The SMILES string of the molecule is CC(C)(C)n1c(CBr)nnc1Cc1ccc(F)cc1. The maximum atomic E-state index is 12.9. The van der Waals surface area contributed by atoms with Crippen LogP contribution in [0.15, 0.2) is 24.3 Å². The molecular weight excluding hydrogens is 309 g/mol. The molecule has 0 saturated heterocycles. The van der Waals surface area contributed by atoms with E-state index in [-0.39, 0.29) is 11.4 Å². The molecule has 1 aromatic heterocycles. The van der Waals surface area contributed by atoms with Crippen LogP contribution in [0.1, 0.15) is 38.0 Å². The lowest BCUT2D eigenvalue weighted by Gasteiger charge is -2.24. The fourth-order valence-electron chi connectivity index (χ4n) is 2.11. The molecule has 5 heteroatoms. The van der Waals surface area contributed by atoms with Crippen LogP contribution in [0.2, 0.25) is 0 Å². The maximum absolute atomic E-state index is 12.9. The predicted octanol–water partition coefficient (Wildman–Crippen LogP) is 3.66. The van der Waals surface area contributed by atoms with Crippen LogP contribution in [0, 0.1) is 5.82 Å². The van der Waals surface area contributed by atoms with Crippen molar-refractivity contribution in [1.82, 2.24) is 14.8 Å². The number of hydrogen-bond acceptors (Lipinski definition) is 2. The fraction of sp³-hybridized carbons (Fsp3) is 0.429. The van der Waals surface area contributed by atoms with Crippen LogP contribution in [0.5, 0.6) is 0 Å². The van der Waals surface area contributed by atoms with E-state index in [0.717, 1.165) is 17.2 Å². The minimum atomic E-state index is -0.220. The number of rotatable bonds is 3. The van der Waals surface area contributed by atoms with Gasteiger partial charge in [-0.05, 0) is 38.5 Å². The first kappa shape index (κ1) is 14.2. The Hall–Kier alpha value is -1.23. The lowest BCUT2D eigenvalue weighted by atomic mass is 10.1. The van der Waals surface area contributed by atoms with E-state index < -0.39 is 0 Å². The molecule has 0 saturated carbocycles. The van der Waals surface area contributed by atoms with Gasteiger partial charge in [0, 0.05) is 12.0 Å². The molecule has 2 aromatic rings. The van der Waals surface area contributed by atoms with Gasteiger partial charge in [-0.2, -0.15) is 0 Å². The quantitative estimate of drug-likeness (QED) is 0.806. The molecule has 1 aromatic carbocycles. The number of hydrogen-bond donors (Lipinski definition) is 0. The summed E-state index contributed by atoms with van der Waals surface area (Å²) >= 11 is 3.44. The molecular formula is C14H17BrFN3. The van der Waals surface area contributed by atoms with Gasteiger partial charge in [0.15, 0.2) is 0 Å². The molecule has 0 aliphatic heterocycles. The summed E-state index contributed by atoms with van der Waals surface area (Å²) in [4.78, 5) is 0. The van der Waals surface area contributed by atoms with Gasteiger partial charge in [0.2, 0.25) is 0 Å². The highest BCUT2D eigenvalue weighted by atomic mass is 79.9. The van der Waals surface area contributed by atoms with Crippen LogP contribution in [0.25, 0.3) is 0 Å². The summed E-state index contributed by atoms with van der Waals surface area (Å²) in [5.41, 5.74) is 0.947. The Morgan fingerprint density at radius 3 is 2.21 bits per heavy atom. The van der Waals surface area contributed by atoms with E-state index in [9.17, 15) is 4.39 Å². The molecule has 0 amide bonds. The van der Waals surface area contributed by atoms with Gasteiger partial charge in [0.25, 0.3) is 0 Å². The normalized spacial score (nSPS) is 11.8. The van der Waals surface area contributed by atoms with Crippen LogP contribution >= 0.6 is 15.9 Å². The van der Waals surface area contributed by atoms with Gasteiger partial charge in [0.1, 0.15) is 17.5 Å². The second kappa shape index (κ2) is 5.41. The third kappa shape index (κ3) is 3.21. The number of alkyl halides is 1. The molecule has 0 unspecified atom stereocenters. The van der Waals surface area contributed by atoms with Crippen molar-refractivity contribution in [2.75, 3.05) is 0 Å². The Bertz CT molecular complexity index is 555. The average molecular weight is 326 g/mol. The average Bonchev–Trinajstić information content (AvgIpc) is 2.75. The molecule has 3 nitrogen and oxygen atoms in total. The molecule has 102 valence electrons. The first-order chi connectivity index (χ1) is 8.91. The molecule has 1 heterocycles. The molecule has 2 rings (SSSR count). The predicted molar refractivity (Wildman–Crippen MR) is 76.9 cm³/mol. The largest absolute Gasteiger partial charge is 0.309 e. The van der Waals surface area contributed by atoms with Crippen molar-refractivity contribution in [3.05, 3.63) is 47.3 Å². The van der Waals surface area contributed by atoms with Gasteiger partial charge < -0.3 is 4.57 Å². The summed E-state index contributed by atoms with van der Waals surface area (Å²) in [6, 6.07) is 6.51.